The van der Waals surface area contributed by atoms with Crippen LogP contribution in [0.4, 0.5) is 16.2 Å². The van der Waals surface area contributed by atoms with Crippen LogP contribution >= 0.6 is 0 Å². The van der Waals surface area contributed by atoms with Crippen LogP contribution in [0.15, 0.2) is 78.9 Å². The van der Waals surface area contributed by atoms with Gasteiger partial charge in [-0.3, -0.25) is 9.59 Å². The summed E-state index contributed by atoms with van der Waals surface area (Å²) < 4.78 is 18.2. The highest BCUT2D eigenvalue weighted by molar-refractivity contribution is 5.93. The Labute approximate surface area is 286 Å². The zero-order valence-electron chi connectivity index (χ0n) is 28.0. The molecule has 4 atom stereocenters. The van der Waals surface area contributed by atoms with Crippen molar-refractivity contribution in [3.05, 3.63) is 95.6 Å². The second kappa shape index (κ2) is 15.4. The van der Waals surface area contributed by atoms with Gasteiger partial charge in [0.2, 0.25) is 5.91 Å². The van der Waals surface area contributed by atoms with Gasteiger partial charge in [0.05, 0.1) is 32.1 Å². The van der Waals surface area contributed by atoms with E-state index < -0.39 is 23.8 Å². The number of nitrogens with zero attached hydrogens (tertiary/aromatic N) is 2. The number of anilines is 2. The number of amides is 3. The number of hydrogen-bond acceptors (Lipinski definition) is 9. The third kappa shape index (κ3) is 7.73. The van der Waals surface area contributed by atoms with E-state index in [1.807, 2.05) is 54.6 Å². The number of rotatable bonds is 10. The summed E-state index contributed by atoms with van der Waals surface area (Å²) in [7, 11) is 0. The molecule has 0 bridgehead atoms. The summed E-state index contributed by atoms with van der Waals surface area (Å²) in [5, 5.41) is 18.0. The molecule has 0 radical (unpaired) electrons. The Bertz CT molecular complexity index is 1600. The van der Waals surface area contributed by atoms with E-state index >= 15 is 0 Å². The summed E-state index contributed by atoms with van der Waals surface area (Å²) in [4.78, 5) is 42.0. The number of para-hydroxylation sites is 1. The normalized spacial score (nSPS) is 23.6. The van der Waals surface area contributed by atoms with Gasteiger partial charge < -0.3 is 45.1 Å². The van der Waals surface area contributed by atoms with Crippen molar-refractivity contribution in [2.45, 2.75) is 57.3 Å². The summed E-state index contributed by atoms with van der Waals surface area (Å²) in [6.45, 7) is 6.43. The maximum atomic E-state index is 13.2. The number of nitrogens with one attached hydrogen (secondary N) is 3. The minimum absolute atomic E-state index is 0.0160. The zero-order valence-corrected chi connectivity index (χ0v) is 28.0. The van der Waals surface area contributed by atoms with Crippen molar-refractivity contribution in [1.82, 2.24) is 15.5 Å². The van der Waals surface area contributed by atoms with E-state index in [9.17, 15) is 19.5 Å². The SMILES string of the molecule is CCOC(=O)CNC(=O)Nc1cccc(C2OC(CN3CCC4(CC3)C(=O)NCN4c3ccccc3)C(C)C(c3ccc(CO)cc3)O2)c1. The van der Waals surface area contributed by atoms with E-state index in [1.54, 1.807) is 19.1 Å². The smallest absolute Gasteiger partial charge is 0.325 e. The van der Waals surface area contributed by atoms with Gasteiger partial charge in [-0.15, -0.1) is 0 Å². The summed E-state index contributed by atoms with van der Waals surface area (Å²) in [6, 6.07) is 24.6. The lowest BCUT2D eigenvalue weighted by Gasteiger charge is -2.46. The molecule has 3 aromatic rings. The highest BCUT2D eigenvalue weighted by Gasteiger charge is 2.51. The van der Waals surface area contributed by atoms with Crippen molar-refractivity contribution >= 4 is 29.3 Å². The molecule has 3 saturated heterocycles. The Morgan fingerprint density at radius 1 is 1.00 bits per heavy atom. The highest BCUT2D eigenvalue weighted by Crippen LogP contribution is 2.43. The van der Waals surface area contributed by atoms with Crippen LogP contribution in [0.3, 0.4) is 0 Å². The van der Waals surface area contributed by atoms with Crippen LogP contribution in [0.5, 0.6) is 0 Å². The van der Waals surface area contributed by atoms with Gasteiger partial charge in [-0.2, -0.15) is 0 Å². The number of carbonyl (C=O) groups is 3. The molecule has 3 amide bonds. The minimum atomic E-state index is -0.724. The van der Waals surface area contributed by atoms with Gasteiger partial charge in [-0.1, -0.05) is 61.5 Å². The van der Waals surface area contributed by atoms with E-state index in [0.29, 0.717) is 31.7 Å². The first-order valence-electron chi connectivity index (χ1n) is 16.9. The molecule has 49 heavy (non-hydrogen) atoms. The Hall–Kier alpha value is -4.49. The number of aliphatic hydroxyl groups is 1. The Morgan fingerprint density at radius 3 is 2.47 bits per heavy atom. The fourth-order valence-electron chi connectivity index (χ4n) is 7.02. The van der Waals surface area contributed by atoms with Crippen LogP contribution < -0.4 is 20.9 Å². The molecule has 1 spiro atoms. The molecule has 3 heterocycles. The monoisotopic (exact) mass is 671 g/mol. The van der Waals surface area contributed by atoms with Crippen molar-refractivity contribution in [2.75, 3.05) is 49.7 Å². The van der Waals surface area contributed by atoms with Gasteiger partial charge in [-0.05, 0) is 55.2 Å². The van der Waals surface area contributed by atoms with Crippen LogP contribution in [0.1, 0.15) is 55.8 Å². The Morgan fingerprint density at radius 2 is 1.76 bits per heavy atom. The van der Waals surface area contributed by atoms with Crippen molar-refractivity contribution in [2.24, 2.45) is 5.92 Å². The number of piperidine rings is 1. The number of benzene rings is 3. The van der Waals surface area contributed by atoms with Crippen LogP contribution in [0.2, 0.25) is 0 Å². The van der Waals surface area contributed by atoms with E-state index in [1.165, 1.54) is 0 Å². The van der Waals surface area contributed by atoms with E-state index in [0.717, 1.165) is 35.5 Å². The fraction of sp³-hybridized carbons (Fsp3) is 0.432. The summed E-state index contributed by atoms with van der Waals surface area (Å²) in [5.74, 6) is -0.448. The van der Waals surface area contributed by atoms with Crippen LogP contribution in [-0.4, -0.2) is 79.0 Å². The zero-order chi connectivity index (χ0) is 34.4. The molecule has 6 rings (SSSR count). The lowest BCUT2D eigenvalue weighted by Crippen LogP contribution is -2.57. The average molecular weight is 672 g/mol. The molecule has 0 aliphatic carbocycles. The average Bonchev–Trinajstić information content (AvgIpc) is 3.44. The third-order valence-corrected chi connectivity index (χ3v) is 9.76. The summed E-state index contributed by atoms with van der Waals surface area (Å²) >= 11 is 0. The first-order chi connectivity index (χ1) is 23.8. The van der Waals surface area contributed by atoms with E-state index in [4.69, 9.17) is 14.2 Å². The predicted molar refractivity (Wildman–Crippen MR) is 183 cm³/mol. The molecule has 3 aliphatic heterocycles. The number of ether oxygens (including phenoxy) is 3. The lowest BCUT2D eigenvalue weighted by molar-refractivity contribution is -0.276. The molecule has 4 unspecified atom stereocenters. The largest absolute Gasteiger partial charge is 0.465 e. The molecule has 260 valence electrons. The summed E-state index contributed by atoms with van der Waals surface area (Å²) in [6.07, 6.45) is 0.173. The molecule has 3 aromatic carbocycles. The van der Waals surface area contributed by atoms with Gasteiger partial charge in [0.1, 0.15) is 12.1 Å². The topological polar surface area (TPSA) is 142 Å². The van der Waals surface area contributed by atoms with Crippen LogP contribution in [0, 0.1) is 5.92 Å². The fourth-order valence-corrected chi connectivity index (χ4v) is 7.02. The van der Waals surface area contributed by atoms with Gasteiger partial charge in [0.15, 0.2) is 6.29 Å². The molecule has 3 aliphatic rings. The first kappa shape index (κ1) is 34.4. The molecule has 0 saturated carbocycles. The second-order valence-corrected chi connectivity index (χ2v) is 12.8. The highest BCUT2D eigenvalue weighted by atomic mass is 16.7. The second-order valence-electron chi connectivity index (χ2n) is 12.8. The third-order valence-electron chi connectivity index (χ3n) is 9.76. The lowest BCUT2D eigenvalue weighted by atomic mass is 9.84. The van der Waals surface area contributed by atoms with Crippen LogP contribution in [0.25, 0.3) is 0 Å². The standard InChI is InChI=1S/C37H45N5O7/c1-3-47-32(44)21-38-36(46)40-29-9-7-8-28(20-29)34-48-31(25(2)33(49-34)27-14-12-26(23-43)13-15-27)22-41-18-16-37(17-19-41)35(45)39-24-42(37)30-10-5-4-6-11-30/h4-15,20,25,31,33-34,43H,3,16-19,21-24H2,1-2H3,(H,39,45)(H2,38,40,46). The first-order valence-corrected chi connectivity index (χ1v) is 16.9. The number of esters is 1. The van der Waals surface area contributed by atoms with Crippen molar-refractivity contribution in [1.29, 1.82) is 0 Å². The number of likely N-dealkylation sites (tertiary alicyclic amines) is 1. The van der Waals surface area contributed by atoms with Crippen LogP contribution in [-0.2, 0) is 30.4 Å². The predicted octanol–water partition coefficient (Wildman–Crippen LogP) is 4.08. The van der Waals surface area contributed by atoms with Crippen molar-refractivity contribution in [3.8, 4) is 0 Å². The molecule has 12 heteroatoms. The van der Waals surface area contributed by atoms with Gasteiger partial charge >= 0.3 is 12.0 Å². The number of urea groups is 1. The minimum Gasteiger partial charge on any atom is -0.465 e. The van der Waals surface area contributed by atoms with E-state index in [-0.39, 0.29) is 43.8 Å². The maximum Gasteiger partial charge on any atom is 0.325 e. The molecular weight excluding hydrogens is 626 g/mol. The molecule has 3 fully saturated rings. The van der Waals surface area contributed by atoms with Gasteiger partial charge in [-0.25, -0.2) is 4.79 Å². The molecule has 12 nitrogen and oxygen atoms in total. The van der Waals surface area contributed by atoms with Gasteiger partial charge in [0, 0.05) is 42.5 Å². The van der Waals surface area contributed by atoms with Gasteiger partial charge in [0.25, 0.3) is 0 Å². The molecule has 4 N–H and O–H groups in total. The Balaban J connectivity index is 1.17. The summed E-state index contributed by atoms with van der Waals surface area (Å²) in [5.41, 5.74) is 3.52. The van der Waals surface area contributed by atoms with Crippen molar-refractivity contribution < 1.29 is 33.7 Å². The quantitative estimate of drug-likeness (QED) is 0.235. The molecule has 0 aromatic heterocycles. The molecular formula is C37H45N5O7. The number of carbonyl (C=O) groups excluding carboxylic acids is 3. The number of hydrogen-bond donors (Lipinski definition) is 4. The number of aliphatic hydroxyl groups excluding tert-OH is 1. The maximum absolute atomic E-state index is 13.2. The van der Waals surface area contributed by atoms with Crippen molar-refractivity contribution in [3.63, 3.8) is 0 Å². The van der Waals surface area contributed by atoms with E-state index in [2.05, 4.69) is 44.8 Å². The Kier molecular flexibility index (Phi) is 10.8.